The Balaban J connectivity index is 2.45. The van der Waals surface area contributed by atoms with E-state index in [1.807, 2.05) is 12.3 Å². The summed E-state index contributed by atoms with van der Waals surface area (Å²) in [5.41, 5.74) is 0.969. The monoisotopic (exact) mass is 166 g/mol. The third-order valence-corrected chi connectivity index (χ3v) is 2.05. The molecule has 0 aliphatic carbocycles. The van der Waals surface area contributed by atoms with Gasteiger partial charge >= 0.3 is 0 Å². The van der Waals surface area contributed by atoms with E-state index in [1.54, 1.807) is 0 Å². The van der Waals surface area contributed by atoms with Crippen molar-refractivity contribution in [1.82, 2.24) is 10.3 Å². The highest BCUT2D eigenvalue weighted by Crippen LogP contribution is 2.07. The number of nitrogens with zero attached hydrogens (tertiary/aromatic N) is 1. The molecule has 0 aliphatic rings. The highest BCUT2D eigenvalue weighted by atomic mass is 32.1. The molecule has 0 aliphatic heterocycles. The van der Waals surface area contributed by atoms with E-state index in [0.717, 1.165) is 10.7 Å². The van der Waals surface area contributed by atoms with E-state index in [1.165, 1.54) is 11.3 Å². The van der Waals surface area contributed by atoms with Crippen molar-refractivity contribution in [1.29, 1.82) is 0 Å². The minimum Gasteiger partial charge on any atom is -0.359 e. The summed E-state index contributed by atoms with van der Waals surface area (Å²) in [6, 6.07) is 0. The zero-order valence-corrected chi connectivity index (χ0v) is 6.94. The van der Waals surface area contributed by atoms with Crippen LogP contribution in [0, 0.1) is 6.92 Å². The van der Waals surface area contributed by atoms with Gasteiger partial charge in [-0.15, -0.1) is 11.3 Å². The highest BCUT2D eigenvalue weighted by Gasteiger charge is 1.97. The van der Waals surface area contributed by atoms with E-state index in [9.17, 15) is 4.79 Å². The molecule has 0 saturated heterocycles. The number of hydrogen-bond acceptors (Lipinski definition) is 3. The Morgan fingerprint density at radius 3 is 3.09 bits per heavy atom. The fraction of sp³-hybridized carbons (Fsp3) is 0.333. The smallest absolute Gasteiger partial charge is 0.200 e. The lowest BCUT2D eigenvalue weighted by molar-refractivity contribution is 0.259. The van der Waals surface area contributed by atoms with Crippen LogP contribution in [-0.4, -0.2) is 18.6 Å². The van der Waals surface area contributed by atoms with Gasteiger partial charge in [-0.05, 0) is 6.92 Å². The van der Waals surface area contributed by atoms with Crippen molar-refractivity contribution >= 4 is 25.0 Å². The van der Waals surface area contributed by atoms with Gasteiger partial charge in [-0.3, -0.25) is 4.79 Å². The molecule has 1 N–H and O–H groups in total. The lowest BCUT2D eigenvalue weighted by Gasteiger charge is -1.95. The largest absolute Gasteiger partial charge is 0.359 e. The minimum absolute atomic E-state index is 0.424. The van der Waals surface area contributed by atoms with Crippen molar-refractivity contribution in [3.8, 4) is 0 Å². The molecule has 1 aromatic heterocycles. The van der Waals surface area contributed by atoms with E-state index in [-0.39, 0.29) is 0 Å². The van der Waals surface area contributed by atoms with Gasteiger partial charge in [-0.2, -0.15) is 0 Å². The summed E-state index contributed by atoms with van der Waals surface area (Å²) in [4.78, 5) is 14.4. The molecule has 0 bridgehead atoms. The van der Waals surface area contributed by atoms with Crippen LogP contribution in [0.5, 0.6) is 0 Å². The van der Waals surface area contributed by atoms with Gasteiger partial charge in [0.15, 0.2) is 5.81 Å². The van der Waals surface area contributed by atoms with Crippen molar-refractivity contribution in [3.05, 3.63) is 16.1 Å². The topological polar surface area (TPSA) is 42.0 Å². The van der Waals surface area contributed by atoms with Gasteiger partial charge in [0.05, 0.1) is 6.54 Å². The Morgan fingerprint density at radius 2 is 2.64 bits per heavy atom. The molecule has 0 aromatic carbocycles. The summed E-state index contributed by atoms with van der Waals surface area (Å²) in [5.74, 6) is -0.516. The van der Waals surface area contributed by atoms with Crippen molar-refractivity contribution < 1.29 is 4.79 Å². The molecule has 56 valence electrons. The SMILES string of the molecule is [B]C(=O)NCc1nc(C)cs1. The Hall–Kier alpha value is -0.835. The minimum atomic E-state index is -0.516. The summed E-state index contributed by atoms with van der Waals surface area (Å²) < 4.78 is 0. The first kappa shape index (κ1) is 8.26. The second kappa shape index (κ2) is 3.53. The number of hydrogen-bond donors (Lipinski definition) is 1. The Labute approximate surface area is 70.2 Å². The molecule has 0 saturated carbocycles. The summed E-state index contributed by atoms with van der Waals surface area (Å²) >= 11 is 1.51. The van der Waals surface area contributed by atoms with Crippen LogP contribution >= 0.6 is 11.3 Å². The first-order valence-electron chi connectivity index (χ1n) is 3.13. The third kappa shape index (κ3) is 2.71. The normalized spacial score (nSPS) is 9.55. The molecular formula is C6H7BN2OS. The molecule has 0 unspecified atom stereocenters. The molecule has 1 rings (SSSR count). The van der Waals surface area contributed by atoms with Gasteiger partial charge in [0.1, 0.15) is 5.01 Å². The molecule has 3 nitrogen and oxygen atoms in total. The molecule has 2 radical (unpaired) electrons. The molecule has 0 spiro atoms. The number of nitrogens with one attached hydrogen (secondary N) is 1. The van der Waals surface area contributed by atoms with Crippen molar-refractivity contribution in [2.75, 3.05) is 0 Å². The first-order valence-corrected chi connectivity index (χ1v) is 4.01. The maximum absolute atomic E-state index is 10.3. The number of thiazole rings is 1. The molecule has 1 heterocycles. The maximum atomic E-state index is 10.3. The zero-order chi connectivity index (χ0) is 8.27. The number of carbonyl (C=O) groups is 1. The van der Waals surface area contributed by atoms with Gasteiger partial charge in [-0.25, -0.2) is 4.98 Å². The fourth-order valence-corrected chi connectivity index (χ4v) is 1.36. The summed E-state index contributed by atoms with van der Waals surface area (Å²) in [7, 11) is 4.87. The van der Waals surface area contributed by atoms with E-state index in [4.69, 9.17) is 7.85 Å². The number of rotatable bonds is 2. The van der Waals surface area contributed by atoms with Crippen LogP contribution in [-0.2, 0) is 6.54 Å². The molecule has 1 aromatic rings. The number of amides is 1. The average molecular weight is 166 g/mol. The van der Waals surface area contributed by atoms with Crippen molar-refractivity contribution in [3.63, 3.8) is 0 Å². The molecule has 5 heteroatoms. The van der Waals surface area contributed by atoms with Crippen LogP contribution in [0.2, 0.25) is 0 Å². The second-order valence-electron chi connectivity index (χ2n) is 2.10. The highest BCUT2D eigenvalue weighted by molar-refractivity contribution is 7.09. The van der Waals surface area contributed by atoms with Crippen molar-refractivity contribution in [2.24, 2.45) is 0 Å². The van der Waals surface area contributed by atoms with Gasteiger partial charge in [0.25, 0.3) is 0 Å². The Morgan fingerprint density at radius 1 is 1.91 bits per heavy atom. The predicted molar refractivity (Wildman–Crippen MR) is 44.8 cm³/mol. The molecular weight excluding hydrogens is 159 g/mol. The van der Waals surface area contributed by atoms with Gasteiger partial charge in [0, 0.05) is 11.1 Å². The fourth-order valence-electron chi connectivity index (χ4n) is 0.647. The standard InChI is InChI=1S/C6H7BN2OS/c1-4-3-11-5(9-4)2-8-6(7)10/h3H,2H2,1H3,(H,8,10). The molecule has 11 heavy (non-hydrogen) atoms. The van der Waals surface area contributed by atoms with Gasteiger partial charge < -0.3 is 5.32 Å². The summed E-state index contributed by atoms with van der Waals surface area (Å²) in [5, 5.41) is 5.27. The van der Waals surface area contributed by atoms with E-state index >= 15 is 0 Å². The van der Waals surface area contributed by atoms with Crippen molar-refractivity contribution in [2.45, 2.75) is 13.5 Å². The van der Waals surface area contributed by atoms with Crippen LogP contribution in [0.25, 0.3) is 0 Å². The van der Waals surface area contributed by atoms with Crippen LogP contribution in [0.1, 0.15) is 10.7 Å². The second-order valence-corrected chi connectivity index (χ2v) is 3.04. The lowest BCUT2D eigenvalue weighted by Crippen LogP contribution is -2.20. The Bertz CT molecular complexity index is 261. The summed E-state index contributed by atoms with van der Waals surface area (Å²) in [6.45, 7) is 2.33. The van der Waals surface area contributed by atoms with E-state index < -0.39 is 5.81 Å². The predicted octanol–water partition coefficient (Wildman–Crippen LogP) is 0.830. The van der Waals surface area contributed by atoms with E-state index in [2.05, 4.69) is 10.3 Å². The van der Waals surface area contributed by atoms with Crippen LogP contribution in [0.15, 0.2) is 5.38 Å². The average Bonchev–Trinajstić information content (AvgIpc) is 2.31. The maximum Gasteiger partial charge on any atom is 0.200 e. The number of aryl methyl sites for hydroxylation is 1. The van der Waals surface area contributed by atoms with Gasteiger partial charge in [-0.1, -0.05) is 0 Å². The molecule has 1 amide bonds. The van der Waals surface area contributed by atoms with Gasteiger partial charge in [0.2, 0.25) is 7.85 Å². The number of aromatic nitrogens is 1. The molecule has 0 fully saturated rings. The third-order valence-electron chi connectivity index (χ3n) is 1.08. The zero-order valence-electron chi connectivity index (χ0n) is 6.13. The number of carbonyl (C=O) groups excluding carboxylic acids is 1. The van der Waals surface area contributed by atoms with Crippen LogP contribution in [0.3, 0.4) is 0 Å². The quantitative estimate of drug-likeness (QED) is 0.661. The molecule has 0 atom stereocenters. The first-order chi connectivity index (χ1) is 5.18. The lowest BCUT2D eigenvalue weighted by atomic mass is 10.1. The summed E-state index contributed by atoms with van der Waals surface area (Å²) in [6.07, 6.45) is 0. The van der Waals surface area contributed by atoms with E-state index in [0.29, 0.717) is 6.54 Å². The Kier molecular flexibility index (Phi) is 2.65. The van der Waals surface area contributed by atoms with Crippen LogP contribution in [0.4, 0.5) is 4.79 Å². The van der Waals surface area contributed by atoms with Crippen LogP contribution < -0.4 is 5.32 Å².